The van der Waals surface area contributed by atoms with Crippen molar-refractivity contribution in [2.24, 2.45) is 0 Å². The maximum absolute atomic E-state index is 4.61. The van der Waals surface area contributed by atoms with Gasteiger partial charge in [0.05, 0.1) is 0 Å². The SMILES string of the molecule is C=C(/C=C\C(C)(C)c1cccnc1N/C(=C/C(=C)Nc1ccccc1)CC)CC. The summed E-state index contributed by atoms with van der Waals surface area (Å²) in [4.78, 5) is 4.61. The minimum absolute atomic E-state index is 0.174. The van der Waals surface area contributed by atoms with Crippen molar-refractivity contribution in [3.05, 3.63) is 103 Å². The fraction of sp³-hybridized carbons (Fsp3) is 0.269. The van der Waals surface area contributed by atoms with Crippen molar-refractivity contribution in [2.45, 2.75) is 46.0 Å². The molecule has 0 saturated heterocycles. The third kappa shape index (κ3) is 6.79. The Morgan fingerprint density at radius 2 is 1.72 bits per heavy atom. The molecule has 0 aliphatic carbocycles. The minimum Gasteiger partial charge on any atom is -0.356 e. The summed E-state index contributed by atoms with van der Waals surface area (Å²) in [6, 6.07) is 14.1. The van der Waals surface area contributed by atoms with E-state index in [-0.39, 0.29) is 5.41 Å². The third-order valence-corrected chi connectivity index (χ3v) is 4.78. The van der Waals surface area contributed by atoms with Gasteiger partial charge in [0.2, 0.25) is 0 Å². The molecular weight excluding hydrogens is 354 g/mol. The Morgan fingerprint density at radius 3 is 2.38 bits per heavy atom. The molecule has 0 aliphatic rings. The molecule has 3 nitrogen and oxygen atoms in total. The lowest BCUT2D eigenvalue weighted by molar-refractivity contribution is 0.667. The summed E-state index contributed by atoms with van der Waals surface area (Å²) >= 11 is 0. The average Bonchev–Trinajstić information content (AvgIpc) is 2.72. The molecule has 0 fully saturated rings. The van der Waals surface area contributed by atoms with Crippen LogP contribution in [-0.4, -0.2) is 4.98 Å². The zero-order valence-corrected chi connectivity index (χ0v) is 18.1. The fourth-order valence-electron chi connectivity index (χ4n) is 2.89. The summed E-state index contributed by atoms with van der Waals surface area (Å²) in [5.41, 5.74) is 4.99. The number of hydrogen-bond acceptors (Lipinski definition) is 3. The van der Waals surface area contributed by atoms with Gasteiger partial charge in [0.25, 0.3) is 0 Å². The first-order chi connectivity index (χ1) is 13.9. The molecule has 0 unspecified atom stereocenters. The quantitative estimate of drug-likeness (QED) is 0.423. The molecule has 0 atom stereocenters. The molecule has 0 amide bonds. The topological polar surface area (TPSA) is 37.0 Å². The highest BCUT2D eigenvalue weighted by atomic mass is 15.0. The Balaban J connectivity index is 2.22. The van der Waals surface area contributed by atoms with Gasteiger partial charge in [-0.05, 0) is 37.1 Å². The summed E-state index contributed by atoms with van der Waals surface area (Å²) in [6.45, 7) is 16.8. The van der Waals surface area contributed by atoms with E-state index in [1.807, 2.05) is 48.7 Å². The molecule has 3 heteroatoms. The first-order valence-electron chi connectivity index (χ1n) is 10.2. The van der Waals surface area contributed by atoms with Crippen LogP contribution in [0.5, 0.6) is 0 Å². The van der Waals surface area contributed by atoms with Crippen LogP contribution in [0.3, 0.4) is 0 Å². The van der Waals surface area contributed by atoms with Crippen molar-refractivity contribution in [1.82, 2.24) is 4.98 Å². The number of nitrogens with zero attached hydrogens (tertiary/aromatic N) is 1. The van der Waals surface area contributed by atoms with Crippen molar-refractivity contribution in [3.8, 4) is 0 Å². The van der Waals surface area contributed by atoms with Gasteiger partial charge in [-0.2, -0.15) is 0 Å². The zero-order valence-electron chi connectivity index (χ0n) is 18.1. The number of benzene rings is 1. The van der Waals surface area contributed by atoms with Crippen LogP contribution in [0, 0.1) is 0 Å². The second-order valence-electron chi connectivity index (χ2n) is 7.63. The smallest absolute Gasteiger partial charge is 0.134 e. The molecule has 2 N–H and O–H groups in total. The predicted octanol–water partition coefficient (Wildman–Crippen LogP) is 7.21. The van der Waals surface area contributed by atoms with Crippen LogP contribution in [0.25, 0.3) is 0 Å². The van der Waals surface area contributed by atoms with Gasteiger partial charge in [-0.3, -0.25) is 0 Å². The summed E-state index contributed by atoms with van der Waals surface area (Å²) in [7, 11) is 0. The molecule has 1 aromatic carbocycles. The number of nitrogens with one attached hydrogen (secondary N) is 2. The maximum Gasteiger partial charge on any atom is 0.134 e. The van der Waals surface area contributed by atoms with E-state index in [4.69, 9.17) is 0 Å². The standard InChI is InChI=1S/C26H33N3/c1-7-20(3)16-17-26(5,6)24-15-12-18-27-25(24)29-22(8-2)19-21(4)28-23-13-10-9-11-14-23/h9-19,28H,3-4,7-8H2,1-2,5-6H3,(H,27,29)/b17-16-,22-19+. The van der Waals surface area contributed by atoms with Crippen LogP contribution in [0.15, 0.2) is 97.0 Å². The van der Waals surface area contributed by atoms with E-state index in [1.54, 1.807) is 0 Å². The van der Waals surface area contributed by atoms with Crippen LogP contribution < -0.4 is 10.6 Å². The predicted molar refractivity (Wildman–Crippen MR) is 127 cm³/mol. The van der Waals surface area contributed by atoms with Crippen LogP contribution in [0.1, 0.15) is 46.1 Å². The normalized spacial score (nSPS) is 12.1. The molecule has 29 heavy (non-hydrogen) atoms. The lowest BCUT2D eigenvalue weighted by Crippen LogP contribution is -2.17. The molecule has 0 saturated carbocycles. The second-order valence-corrected chi connectivity index (χ2v) is 7.63. The second kappa shape index (κ2) is 10.5. The highest BCUT2D eigenvalue weighted by Crippen LogP contribution is 2.31. The van der Waals surface area contributed by atoms with E-state index in [9.17, 15) is 0 Å². The Kier molecular flexibility index (Phi) is 8.02. The minimum atomic E-state index is -0.174. The van der Waals surface area contributed by atoms with Gasteiger partial charge < -0.3 is 10.6 Å². The summed E-state index contributed by atoms with van der Waals surface area (Å²) < 4.78 is 0. The van der Waals surface area contributed by atoms with Crippen molar-refractivity contribution in [3.63, 3.8) is 0 Å². The first-order valence-corrected chi connectivity index (χ1v) is 10.2. The number of anilines is 2. The van der Waals surface area contributed by atoms with Crippen LogP contribution in [0.4, 0.5) is 11.5 Å². The van der Waals surface area contributed by atoms with Crippen LogP contribution in [0.2, 0.25) is 0 Å². The molecule has 2 aromatic rings. The monoisotopic (exact) mass is 387 g/mol. The molecule has 2 rings (SSSR count). The third-order valence-electron chi connectivity index (χ3n) is 4.78. The van der Waals surface area contributed by atoms with Crippen LogP contribution >= 0.6 is 0 Å². The van der Waals surface area contributed by atoms with E-state index in [0.29, 0.717) is 0 Å². The number of allylic oxidation sites excluding steroid dienone is 5. The lowest BCUT2D eigenvalue weighted by Gasteiger charge is -2.24. The number of aromatic nitrogens is 1. The van der Waals surface area contributed by atoms with Crippen molar-refractivity contribution >= 4 is 11.5 Å². The zero-order chi connectivity index (χ0) is 21.3. The van der Waals surface area contributed by atoms with Gasteiger partial charge in [0, 0.05) is 34.3 Å². The Hall–Kier alpha value is -3.07. The molecule has 0 bridgehead atoms. The molecule has 1 heterocycles. The highest BCUT2D eigenvalue weighted by Gasteiger charge is 2.21. The number of hydrogen-bond donors (Lipinski definition) is 2. The molecule has 0 spiro atoms. The van der Waals surface area contributed by atoms with Crippen molar-refractivity contribution in [2.75, 3.05) is 10.6 Å². The largest absolute Gasteiger partial charge is 0.356 e. The van der Waals surface area contributed by atoms with E-state index >= 15 is 0 Å². The van der Waals surface area contributed by atoms with E-state index in [0.717, 1.165) is 46.9 Å². The van der Waals surface area contributed by atoms with E-state index in [2.05, 4.69) is 74.7 Å². The Labute approximate surface area is 176 Å². The van der Waals surface area contributed by atoms with Gasteiger partial charge in [-0.15, -0.1) is 0 Å². The summed E-state index contributed by atoms with van der Waals surface area (Å²) in [5, 5.41) is 6.84. The molecule has 0 aliphatic heterocycles. The van der Waals surface area contributed by atoms with E-state index in [1.165, 1.54) is 0 Å². The number of rotatable bonds is 10. The maximum atomic E-state index is 4.61. The molecule has 152 valence electrons. The summed E-state index contributed by atoms with van der Waals surface area (Å²) in [6.07, 6.45) is 9.96. The molecular formula is C26H33N3. The Bertz CT molecular complexity index is 889. The van der Waals surface area contributed by atoms with Gasteiger partial charge in [-0.25, -0.2) is 4.98 Å². The Morgan fingerprint density at radius 1 is 1.00 bits per heavy atom. The van der Waals surface area contributed by atoms with Gasteiger partial charge in [0.15, 0.2) is 0 Å². The number of pyridine rings is 1. The average molecular weight is 388 g/mol. The first kappa shape index (κ1) is 22.2. The van der Waals surface area contributed by atoms with Crippen molar-refractivity contribution < 1.29 is 0 Å². The number of para-hydroxylation sites is 1. The van der Waals surface area contributed by atoms with Gasteiger partial charge in [-0.1, -0.05) is 82.8 Å². The highest BCUT2D eigenvalue weighted by molar-refractivity contribution is 5.56. The van der Waals surface area contributed by atoms with E-state index < -0.39 is 0 Å². The van der Waals surface area contributed by atoms with Crippen LogP contribution in [-0.2, 0) is 5.41 Å². The molecule has 0 radical (unpaired) electrons. The lowest BCUT2D eigenvalue weighted by atomic mass is 9.84. The van der Waals surface area contributed by atoms with Crippen molar-refractivity contribution in [1.29, 1.82) is 0 Å². The fourth-order valence-corrected chi connectivity index (χ4v) is 2.89. The molecule has 1 aromatic heterocycles. The van der Waals surface area contributed by atoms with Gasteiger partial charge >= 0.3 is 0 Å². The summed E-state index contributed by atoms with van der Waals surface area (Å²) in [5.74, 6) is 0.866. The van der Waals surface area contributed by atoms with Gasteiger partial charge in [0.1, 0.15) is 5.82 Å².